The zero-order valence-electron chi connectivity index (χ0n) is 10.8. The molecule has 2 rings (SSSR count). The smallest absolute Gasteiger partial charge is 0.00961 e. The second kappa shape index (κ2) is 7.24. The summed E-state index contributed by atoms with van der Waals surface area (Å²) in [5, 5.41) is 3.44. The number of likely N-dealkylation sites (tertiary alicyclic amines) is 1. The Balaban J connectivity index is 0.000000531. The fraction of sp³-hybridized carbons (Fsp3) is 1.00. The highest BCUT2D eigenvalue weighted by molar-refractivity contribution is 4.82. The normalized spacial score (nSPS) is 25.8. The van der Waals surface area contributed by atoms with Crippen molar-refractivity contribution in [1.82, 2.24) is 10.2 Å². The molecule has 0 amide bonds. The number of nitrogens with zero attached hydrogens (tertiary/aromatic N) is 1. The minimum absolute atomic E-state index is 0.838. The van der Waals surface area contributed by atoms with Gasteiger partial charge >= 0.3 is 0 Å². The summed E-state index contributed by atoms with van der Waals surface area (Å²) < 4.78 is 0. The molecule has 0 aromatic carbocycles. The van der Waals surface area contributed by atoms with Crippen LogP contribution in [0.25, 0.3) is 0 Å². The first-order chi connectivity index (χ1) is 7.38. The van der Waals surface area contributed by atoms with Crippen LogP contribution >= 0.6 is 0 Å². The lowest BCUT2D eigenvalue weighted by molar-refractivity contribution is 0.162. The second-order valence-corrected chi connectivity index (χ2v) is 4.57. The van der Waals surface area contributed by atoms with E-state index >= 15 is 0 Å². The van der Waals surface area contributed by atoms with Gasteiger partial charge in [0.1, 0.15) is 0 Å². The highest BCUT2D eigenvalue weighted by Crippen LogP contribution is 2.23. The molecule has 0 spiro atoms. The number of rotatable bonds is 2. The Labute approximate surface area is 95.4 Å². The molecule has 2 heteroatoms. The fourth-order valence-electron chi connectivity index (χ4n) is 2.77. The maximum atomic E-state index is 3.44. The van der Waals surface area contributed by atoms with Gasteiger partial charge in [-0.15, -0.1) is 0 Å². The summed E-state index contributed by atoms with van der Waals surface area (Å²) in [6.45, 7) is 11.6. The van der Waals surface area contributed by atoms with Gasteiger partial charge in [0, 0.05) is 6.04 Å². The van der Waals surface area contributed by atoms with Crippen molar-refractivity contribution in [2.24, 2.45) is 5.92 Å². The third-order valence-electron chi connectivity index (χ3n) is 3.78. The summed E-state index contributed by atoms with van der Waals surface area (Å²) in [6, 6.07) is 0.838. The maximum absolute atomic E-state index is 3.44. The van der Waals surface area contributed by atoms with E-state index in [0.29, 0.717) is 0 Å². The van der Waals surface area contributed by atoms with Crippen LogP contribution in [-0.2, 0) is 0 Å². The first kappa shape index (κ1) is 13.0. The molecule has 0 aromatic heterocycles. The quantitative estimate of drug-likeness (QED) is 0.756. The monoisotopic (exact) mass is 212 g/mol. The Hall–Kier alpha value is -0.0800. The largest absolute Gasteiger partial charge is 0.317 e. The first-order valence-corrected chi connectivity index (χ1v) is 6.82. The van der Waals surface area contributed by atoms with E-state index in [-0.39, 0.29) is 0 Å². The standard InChI is InChI=1S/C11H22N2.C2H6/c1-10(13-8-2-3-9-13)11-4-6-12-7-5-11;1-2/h10-12H,2-9H2,1H3;1-2H3. The van der Waals surface area contributed by atoms with Gasteiger partial charge in [-0.3, -0.25) is 0 Å². The Morgan fingerprint density at radius 2 is 1.60 bits per heavy atom. The molecule has 2 aliphatic rings. The van der Waals surface area contributed by atoms with Crippen LogP contribution in [0.15, 0.2) is 0 Å². The molecule has 0 saturated carbocycles. The Bertz CT molecular complexity index is 147. The van der Waals surface area contributed by atoms with E-state index < -0.39 is 0 Å². The van der Waals surface area contributed by atoms with Gasteiger partial charge in [-0.25, -0.2) is 0 Å². The summed E-state index contributed by atoms with van der Waals surface area (Å²) in [5.74, 6) is 0.958. The molecule has 15 heavy (non-hydrogen) atoms. The molecule has 2 nitrogen and oxygen atoms in total. The zero-order valence-corrected chi connectivity index (χ0v) is 10.8. The Kier molecular flexibility index (Phi) is 6.26. The average Bonchev–Trinajstić information content (AvgIpc) is 2.85. The van der Waals surface area contributed by atoms with Crippen molar-refractivity contribution in [3.05, 3.63) is 0 Å². The number of piperidine rings is 1. The molecule has 2 aliphatic heterocycles. The minimum atomic E-state index is 0.838. The molecule has 2 saturated heterocycles. The minimum Gasteiger partial charge on any atom is -0.317 e. The molecule has 0 aromatic rings. The molecular weight excluding hydrogens is 184 g/mol. The third kappa shape index (κ3) is 3.76. The van der Waals surface area contributed by atoms with Gasteiger partial charge in [0.15, 0.2) is 0 Å². The third-order valence-corrected chi connectivity index (χ3v) is 3.78. The van der Waals surface area contributed by atoms with Crippen molar-refractivity contribution < 1.29 is 0 Å². The first-order valence-electron chi connectivity index (χ1n) is 6.82. The van der Waals surface area contributed by atoms with Crippen molar-refractivity contribution in [3.8, 4) is 0 Å². The highest BCUT2D eigenvalue weighted by atomic mass is 15.2. The molecule has 0 bridgehead atoms. The van der Waals surface area contributed by atoms with Gasteiger partial charge in [0.25, 0.3) is 0 Å². The summed E-state index contributed by atoms with van der Waals surface area (Å²) in [6.07, 6.45) is 5.62. The molecule has 2 fully saturated rings. The van der Waals surface area contributed by atoms with Crippen molar-refractivity contribution in [1.29, 1.82) is 0 Å². The zero-order chi connectivity index (χ0) is 11.1. The fourth-order valence-corrected chi connectivity index (χ4v) is 2.77. The average molecular weight is 212 g/mol. The van der Waals surface area contributed by atoms with E-state index in [0.717, 1.165) is 12.0 Å². The van der Waals surface area contributed by atoms with Crippen LogP contribution in [0, 0.1) is 5.92 Å². The van der Waals surface area contributed by atoms with E-state index in [1.54, 1.807) is 0 Å². The lowest BCUT2D eigenvalue weighted by atomic mass is 9.90. The van der Waals surface area contributed by atoms with Crippen LogP contribution < -0.4 is 5.32 Å². The van der Waals surface area contributed by atoms with E-state index in [1.807, 2.05) is 13.8 Å². The van der Waals surface area contributed by atoms with Crippen molar-refractivity contribution in [2.75, 3.05) is 26.2 Å². The van der Waals surface area contributed by atoms with Crippen LogP contribution in [-0.4, -0.2) is 37.1 Å². The van der Waals surface area contributed by atoms with Crippen molar-refractivity contribution in [3.63, 3.8) is 0 Å². The van der Waals surface area contributed by atoms with Gasteiger partial charge in [-0.05, 0) is 64.7 Å². The SMILES string of the molecule is CC.CC(C1CCNCC1)N1CCCC1. The molecule has 1 N–H and O–H groups in total. The van der Waals surface area contributed by atoms with E-state index in [4.69, 9.17) is 0 Å². The van der Waals surface area contributed by atoms with Crippen molar-refractivity contribution in [2.45, 2.75) is 52.5 Å². The lowest BCUT2D eigenvalue weighted by Crippen LogP contribution is -2.41. The van der Waals surface area contributed by atoms with E-state index in [9.17, 15) is 0 Å². The van der Waals surface area contributed by atoms with E-state index in [1.165, 1.54) is 51.9 Å². The number of hydrogen-bond donors (Lipinski definition) is 1. The van der Waals surface area contributed by atoms with Gasteiger partial charge < -0.3 is 10.2 Å². The van der Waals surface area contributed by atoms with Crippen LogP contribution in [0.1, 0.15) is 46.5 Å². The summed E-state index contributed by atoms with van der Waals surface area (Å²) in [7, 11) is 0. The molecular formula is C13H28N2. The van der Waals surface area contributed by atoms with Crippen LogP contribution in [0.2, 0.25) is 0 Å². The van der Waals surface area contributed by atoms with Crippen molar-refractivity contribution >= 4 is 0 Å². The van der Waals surface area contributed by atoms with Gasteiger partial charge in [0.05, 0.1) is 0 Å². The summed E-state index contributed by atoms with van der Waals surface area (Å²) in [4.78, 5) is 2.69. The molecule has 0 aliphatic carbocycles. The summed E-state index contributed by atoms with van der Waals surface area (Å²) >= 11 is 0. The van der Waals surface area contributed by atoms with Crippen LogP contribution in [0.4, 0.5) is 0 Å². The topological polar surface area (TPSA) is 15.3 Å². The lowest BCUT2D eigenvalue weighted by Gasteiger charge is -2.34. The van der Waals surface area contributed by atoms with Crippen LogP contribution in [0.3, 0.4) is 0 Å². The second-order valence-electron chi connectivity index (χ2n) is 4.57. The molecule has 90 valence electrons. The van der Waals surface area contributed by atoms with Gasteiger partial charge in [-0.2, -0.15) is 0 Å². The highest BCUT2D eigenvalue weighted by Gasteiger charge is 2.26. The number of hydrogen-bond acceptors (Lipinski definition) is 2. The Morgan fingerprint density at radius 1 is 1.07 bits per heavy atom. The number of nitrogens with one attached hydrogen (secondary N) is 1. The molecule has 2 heterocycles. The predicted molar refractivity (Wildman–Crippen MR) is 67.2 cm³/mol. The Morgan fingerprint density at radius 3 is 2.13 bits per heavy atom. The van der Waals surface area contributed by atoms with Gasteiger partial charge in [0.2, 0.25) is 0 Å². The molecule has 0 radical (unpaired) electrons. The molecule has 1 unspecified atom stereocenters. The predicted octanol–water partition coefficient (Wildman–Crippen LogP) is 2.50. The van der Waals surface area contributed by atoms with Crippen LogP contribution in [0.5, 0.6) is 0 Å². The summed E-state index contributed by atoms with van der Waals surface area (Å²) in [5.41, 5.74) is 0. The van der Waals surface area contributed by atoms with Gasteiger partial charge in [-0.1, -0.05) is 13.8 Å². The van der Waals surface area contributed by atoms with E-state index in [2.05, 4.69) is 17.1 Å². The maximum Gasteiger partial charge on any atom is 0.00961 e. The molecule has 1 atom stereocenters.